The molecule has 2 nitrogen and oxygen atoms in total. The molecule has 90 valence electrons. The number of ketones is 2. The average Bonchev–Trinajstić information content (AvgIpc) is 2.59. The number of hydrogen-bond acceptors (Lipinski definition) is 2. The van der Waals surface area contributed by atoms with Crippen LogP contribution in [0, 0.1) is 17.3 Å². The van der Waals surface area contributed by atoms with Crippen LogP contribution >= 0.6 is 11.6 Å². The Kier molecular flexibility index (Phi) is 3.13. The lowest BCUT2D eigenvalue weighted by Gasteiger charge is -2.41. The van der Waals surface area contributed by atoms with E-state index >= 15 is 0 Å². The predicted molar refractivity (Wildman–Crippen MR) is 63.5 cm³/mol. The number of rotatable bonds is 2. The number of fused-ring (bicyclic) bond motifs is 1. The molecule has 0 N–H and O–H groups in total. The summed E-state index contributed by atoms with van der Waals surface area (Å²) in [4.78, 5) is 23.6. The van der Waals surface area contributed by atoms with Crippen molar-refractivity contribution in [2.45, 2.75) is 51.3 Å². The van der Waals surface area contributed by atoms with Crippen LogP contribution in [-0.4, -0.2) is 16.9 Å². The highest BCUT2D eigenvalue weighted by molar-refractivity contribution is 6.21. The fourth-order valence-corrected chi connectivity index (χ4v) is 4.44. The second-order valence-corrected chi connectivity index (χ2v) is 5.96. The summed E-state index contributed by atoms with van der Waals surface area (Å²) in [6.07, 6.45) is 4.61. The minimum atomic E-state index is -0.277. The molecule has 2 aliphatic carbocycles. The second-order valence-electron chi connectivity index (χ2n) is 5.40. The van der Waals surface area contributed by atoms with Crippen LogP contribution < -0.4 is 0 Å². The summed E-state index contributed by atoms with van der Waals surface area (Å²) in [5.74, 6) is 0.567. The van der Waals surface area contributed by atoms with Gasteiger partial charge in [-0.3, -0.25) is 9.59 Å². The van der Waals surface area contributed by atoms with Gasteiger partial charge in [-0.25, -0.2) is 0 Å². The largest absolute Gasteiger partial charge is 0.300 e. The van der Waals surface area contributed by atoms with E-state index in [1.165, 1.54) is 0 Å². The molecule has 16 heavy (non-hydrogen) atoms. The van der Waals surface area contributed by atoms with Gasteiger partial charge >= 0.3 is 0 Å². The first kappa shape index (κ1) is 12.1. The maximum atomic E-state index is 11.9. The monoisotopic (exact) mass is 242 g/mol. The van der Waals surface area contributed by atoms with Crippen molar-refractivity contribution >= 4 is 23.2 Å². The summed E-state index contributed by atoms with van der Waals surface area (Å²) in [6, 6.07) is 0. The van der Waals surface area contributed by atoms with Crippen LogP contribution in [0.15, 0.2) is 0 Å². The van der Waals surface area contributed by atoms with Gasteiger partial charge in [0, 0.05) is 16.7 Å². The van der Waals surface area contributed by atoms with Gasteiger partial charge in [-0.2, -0.15) is 0 Å². The van der Waals surface area contributed by atoms with Crippen LogP contribution in [0.25, 0.3) is 0 Å². The Morgan fingerprint density at radius 2 is 1.88 bits per heavy atom. The number of alkyl halides is 1. The standard InChI is InChI=1S/C13H19ClO2/c1-8(15)10-5-7-13(9(2)16)6-3-4-11(14)12(10)13/h10-12H,3-7H2,1-2H3/t10-,11+,12+,13+/m0/s1. The molecular weight excluding hydrogens is 224 g/mol. The molecule has 0 heterocycles. The van der Waals surface area contributed by atoms with Crippen molar-refractivity contribution in [2.24, 2.45) is 17.3 Å². The second kappa shape index (κ2) is 4.14. The van der Waals surface area contributed by atoms with Crippen LogP contribution in [0.3, 0.4) is 0 Å². The Morgan fingerprint density at radius 1 is 1.19 bits per heavy atom. The highest BCUT2D eigenvalue weighted by atomic mass is 35.5. The fraction of sp³-hybridized carbons (Fsp3) is 0.846. The third-order valence-corrected chi connectivity index (χ3v) is 5.18. The maximum absolute atomic E-state index is 11.9. The summed E-state index contributed by atoms with van der Waals surface area (Å²) in [5.41, 5.74) is -0.277. The van der Waals surface area contributed by atoms with Gasteiger partial charge < -0.3 is 0 Å². The summed E-state index contributed by atoms with van der Waals surface area (Å²) >= 11 is 6.39. The SMILES string of the molecule is CC(=O)[C@@H]1CC[C@@]2(C(C)=O)CCC[C@@H](Cl)[C@@H]12. The molecule has 2 aliphatic rings. The summed E-state index contributed by atoms with van der Waals surface area (Å²) in [7, 11) is 0. The Hall–Kier alpha value is -0.370. The molecule has 0 aliphatic heterocycles. The van der Waals surface area contributed by atoms with E-state index in [9.17, 15) is 9.59 Å². The third kappa shape index (κ3) is 1.62. The molecule has 0 unspecified atom stereocenters. The smallest absolute Gasteiger partial charge is 0.136 e. The van der Waals surface area contributed by atoms with Crippen molar-refractivity contribution in [3.63, 3.8) is 0 Å². The quantitative estimate of drug-likeness (QED) is 0.698. The van der Waals surface area contributed by atoms with Gasteiger partial charge in [0.1, 0.15) is 11.6 Å². The summed E-state index contributed by atoms with van der Waals surface area (Å²) < 4.78 is 0. The van der Waals surface area contributed by atoms with Crippen molar-refractivity contribution in [1.82, 2.24) is 0 Å². The molecule has 0 aromatic heterocycles. The van der Waals surface area contributed by atoms with Crippen molar-refractivity contribution < 1.29 is 9.59 Å². The predicted octanol–water partition coefficient (Wildman–Crippen LogP) is 2.97. The molecule has 2 rings (SSSR count). The first-order valence-corrected chi connectivity index (χ1v) is 6.58. The molecule has 0 aromatic rings. The van der Waals surface area contributed by atoms with Gasteiger partial charge in [-0.15, -0.1) is 11.6 Å². The fourth-order valence-electron chi connectivity index (χ4n) is 3.87. The number of halogens is 1. The molecule has 2 fully saturated rings. The molecule has 0 saturated heterocycles. The van der Waals surface area contributed by atoms with Crippen LogP contribution in [0.1, 0.15) is 46.0 Å². The van der Waals surface area contributed by atoms with Gasteiger partial charge in [-0.05, 0) is 45.4 Å². The van der Waals surface area contributed by atoms with Crippen LogP contribution in [0.2, 0.25) is 0 Å². The van der Waals surface area contributed by atoms with Crippen molar-refractivity contribution in [3.05, 3.63) is 0 Å². The molecule has 2 saturated carbocycles. The maximum Gasteiger partial charge on any atom is 0.136 e. The van der Waals surface area contributed by atoms with Crippen LogP contribution in [-0.2, 0) is 9.59 Å². The highest BCUT2D eigenvalue weighted by Crippen LogP contribution is 2.57. The number of hydrogen-bond donors (Lipinski definition) is 0. The van der Waals surface area contributed by atoms with E-state index in [1.807, 2.05) is 0 Å². The van der Waals surface area contributed by atoms with E-state index in [0.29, 0.717) is 0 Å². The zero-order chi connectivity index (χ0) is 11.9. The average molecular weight is 243 g/mol. The number of carbonyl (C=O) groups excluding carboxylic acids is 2. The molecule has 3 heteroatoms. The van der Waals surface area contributed by atoms with Gasteiger partial charge in [0.25, 0.3) is 0 Å². The zero-order valence-electron chi connectivity index (χ0n) is 9.96. The Morgan fingerprint density at radius 3 is 2.44 bits per heavy atom. The van der Waals surface area contributed by atoms with Crippen molar-refractivity contribution in [1.29, 1.82) is 0 Å². The highest BCUT2D eigenvalue weighted by Gasteiger charge is 2.56. The first-order valence-electron chi connectivity index (χ1n) is 6.14. The van der Waals surface area contributed by atoms with Gasteiger partial charge in [0.05, 0.1) is 0 Å². The molecule has 0 spiro atoms. The van der Waals surface area contributed by atoms with E-state index in [0.717, 1.165) is 32.1 Å². The Balaban J connectivity index is 2.36. The molecule has 0 radical (unpaired) electrons. The molecule has 0 bridgehead atoms. The number of carbonyl (C=O) groups is 2. The van der Waals surface area contributed by atoms with E-state index in [4.69, 9.17) is 11.6 Å². The van der Waals surface area contributed by atoms with Crippen molar-refractivity contribution in [3.8, 4) is 0 Å². The molecule has 0 amide bonds. The summed E-state index contributed by atoms with van der Waals surface area (Å²) in [5, 5.41) is 0.00838. The third-order valence-electron chi connectivity index (χ3n) is 4.69. The first-order chi connectivity index (χ1) is 7.49. The lowest BCUT2D eigenvalue weighted by molar-refractivity contribution is -0.132. The van der Waals surface area contributed by atoms with E-state index in [-0.39, 0.29) is 34.2 Å². The van der Waals surface area contributed by atoms with Crippen molar-refractivity contribution in [2.75, 3.05) is 0 Å². The van der Waals surface area contributed by atoms with Gasteiger partial charge in [0.2, 0.25) is 0 Å². The van der Waals surface area contributed by atoms with Gasteiger partial charge in [-0.1, -0.05) is 6.42 Å². The Bertz CT molecular complexity index is 326. The lowest BCUT2D eigenvalue weighted by atomic mass is 9.63. The van der Waals surface area contributed by atoms with Crippen LogP contribution in [0.5, 0.6) is 0 Å². The lowest BCUT2D eigenvalue weighted by Crippen LogP contribution is -2.44. The van der Waals surface area contributed by atoms with Gasteiger partial charge in [0.15, 0.2) is 0 Å². The number of Topliss-reactive ketones (excluding diaryl/α,β-unsaturated/α-hetero) is 2. The topological polar surface area (TPSA) is 34.1 Å². The minimum Gasteiger partial charge on any atom is -0.300 e. The molecule has 4 atom stereocenters. The molecular formula is C13H19ClO2. The zero-order valence-corrected chi connectivity index (χ0v) is 10.7. The van der Waals surface area contributed by atoms with E-state index in [1.54, 1.807) is 13.8 Å². The normalized spacial score (nSPS) is 42.8. The minimum absolute atomic E-state index is 0.00838. The van der Waals surface area contributed by atoms with E-state index < -0.39 is 0 Å². The van der Waals surface area contributed by atoms with E-state index in [2.05, 4.69) is 0 Å². The molecule has 0 aromatic carbocycles. The summed E-state index contributed by atoms with van der Waals surface area (Å²) in [6.45, 7) is 3.31. The van der Waals surface area contributed by atoms with Crippen LogP contribution in [0.4, 0.5) is 0 Å². The Labute approximate surface area is 102 Å².